The molecule has 1 aromatic rings. The Morgan fingerprint density at radius 2 is 2.22 bits per heavy atom. The van der Waals surface area contributed by atoms with Gasteiger partial charge in [0.15, 0.2) is 6.04 Å². The monoisotopic (exact) mass is 256 g/mol. The zero-order valence-corrected chi connectivity index (χ0v) is 10.1. The third-order valence-electron chi connectivity index (χ3n) is 2.39. The molecule has 2 amide bonds. The van der Waals surface area contributed by atoms with E-state index in [4.69, 9.17) is 5.11 Å². The molecule has 8 heteroatoms. The van der Waals surface area contributed by atoms with Crippen LogP contribution in [0, 0.1) is 0 Å². The molecule has 4 N–H and O–H groups in total. The number of carbonyl (C=O) groups excluding carboxylic acids is 1. The molecule has 0 aliphatic rings. The molecule has 8 nitrogen and oxygen atoms in total. The molecular weight excluding hydrogens is 240 g/mol. The molecule has 18 heavy (non-hydrogen) atoms. The van der Waals surface area contributed by atoms with E-state index in [0.717, 1.165) is 5.69 Å². The second kappa shape index (κ2) is 6.01. The fourth-order valence-corrected chi connectivity index (χ4v) is 1.33. The molecule has 1 rings (SSSR count). The van der Waals surface area contributed by atoms with Gasteiger partial charge in [0, 0.05) is 13.2 Å². The van der Waals surface area contributed by atoms with Crippen molar-refractivity contribution in [2.24, 2.45) is 7.05 Å². The summed E-state index contributed by atoms with van der Waals surface area (Å²) in [7, 11) is 1.73. The fourth-order valence-electron chi connectivity index (χ4n) is 1.33. The number of aromatic nitrogens is 2. The van der Waals surface area contributed by atoms with Gasteiger partial charge in [-0.05, 0) is 13.0 Å². The van der Waals surface area contributed by atoms with Crippen LogP contribution in [0.15, 0.2) is 12.3 Å². The van der Waals surface area contributed by atoms with Crippen LogP contribution < -0.4 is 10.6 Å². The highest BCUT2D eigenvalue weighted by atomic mass is 16.4. The summed E-state index contributed by atoms with van der Waals surface area (Å²) in [6.45, 7) is 1.51. The van der Waals surface area contributed by atoms with Crippen molar-refractivity contribution in [2.75, 3.05) is 0 Å². The fraction of sp³-hybridized carbons (Fsp3) is 0.500. The van der Waals surface area contributed by atoms with Gasteiger partial charge in [-0.2, -0.15) is 5.10 Å². The molecule has 0 bridgehead atoms. The van der Waals surface area contributed by atoms with Crippen LogP contribution >= 0.6 is 0 Å². The van der Waals surface area contributed by atoms with Gasteiger partial charge in [-0.15, -0.1) is 0 Å². The predicted molar refractivity (Wildman–Crippen MR) is 61.7 cm³/mol. The van der Waals surface area contributed by atoms with Gasteiger partial charge < -0.3 is 20.8 Å². The van der Waals surface area contributed by atoms with Crippen LogP contribution in [0.25, 0.3) is 0 Å². The van der Waals surface area contributed by atoms with E-state index in [2.05, 4.69) is 15.7 Å². The summed E-state index contributed by atoms with van der Waals surface area (Å²) in [5.74, 6) is -1.29. The lowest BCUT2D eigenvalue weighted by Crippen LogP contribution is -2.51. The second-order valence-electron chi connectivity index (χ2n) is 3.83. The third-order valence-corrected chi connectivity index (χ3v) is 2.39. The molecule has 0 saturated carbocycles. The molecule has 0 aliphatic carbocycles. The molecule has 0 spiro atoms. The normalized spacial score (nSPS) is 13.7. The van der Waals surface area contributed by atoms with Gasteiger partial charge in [-0.3, -0.25) is 4.68 Å². The quantitative estimate of drug-likeness (QED) is 0.542. The smallest absolute Gasteiger partial charge is 0.328 e. The van der Waals surface area contributed by atoms with E-state index in [-0.39, 0.29) is 6.54 Å². The number of carboxylic acids is 1. The maximum absolute atomic E-state index is 11.4. The summed E-state index contributed by atoms with van der Waals surface area (Å²) in [5, 5.41) is 26.5. The van der Waals surface area contributed by atoms with Crippen LogP contribution in [0.5, 0.6) is 0 Å². The van der Waals surface area contributed by atoms with E-state index in [0.29, 0.717) is 0 Å². The maximum Gasteiger partial charge on any atom is 0.328 e. The zero-order valence-electron chi connectivity index (χ0n) is 10.1. The van der Waals surface area contributed by atoms with Crippen LogP contribution in [0.1, 0.15) is 12.6 Å². The van der Waals surface area contributed by atoms with Crippen molar-refractivity contribution in [3.63, 3.8) is 0 Å². The Morgan fingerprint density at radius 1 is 1.56 bits per heavy atom. The summed E-state index contributed by atoms with van der Waals surface area (Å²) >= 11 is 0. The topological polar surface area (TPSA) is 116 Å². The average molecular weight is 256 g/mol. The van der Waals surface area contributed by atoms with E-state index < -0.39 is 24.1 Å². The zero-order chi connectivity index (χ0) is 13.7. The lowest BCUT2D eigenvalue weighted by molar-refractivity contribution is -0.141. The summed E-state index contributed by atoms with van der Waals surface area (Å²) in [4.78, 5) is 22.2. The Morgan fingerprint density at radius 3 is 2.67 bits per heavy atom. The summed E-state index contributed by atoms with van der Waals surface area (Å²) < 4.78 is 1.59. The number of nitrogens with one attached hydrogen (secondary N) is 2. The number of aliphatic hydroxyl groups is 1. The van der Waals surface area contributed by atoms with Gasteiger partial charge in [0.05, 0.1) is 18.3 Å². The predicted octanol–water partition coefficient (Wildman–Crippen LogP) is -0.947. The minimum Gasteiger partial charge on any atom is -0.480 e. The Bertz CT molecular complexity index is 429. The Kier molecular flexibility index (Phi) is 4.67. The SMILES string of the molecule is CC(O)C(NC(=O)NCc1ccnn1C)C(=O)O. The molecule has 0 fully saturated rings. The van der Waals surface area contributed by atoms with Crippen LogP contribution in [-0.2, 0) is 18.4 Å². The first kappa shape index (κ1) is 14.0. The number of aliphatic hydroxyl groups excluding tert-OH is 1. The van der Waals surface area contributed by atoms with Crippen LogP contribution in [0.3, 0.4) is 0 Å². The third kappa shape index (κ3) is 3.74. The van der Waals surface area contributed by atoms with Crippen molar-refractivity contribution < 1.29 is 19.8 Å². The number of rotatable bonds is 5. The minimum absolute atomic E-state index is 0.217. The van der Waals surface area contributed by atoms with Crippen molar-refractivity contribution in [2.45, 2.75) is 25.6 Å². The largest absolute Gasteiger partial charge is 0.480 e. The number of hydrogen-bond acceptors (Lipinski definition) is 4. The molecule has 2 unspecified atom stereocenters. The summed E-state index contributed by atoms with van der Waals surface area (Å²) in [6.07, 6.45) is 0.412. The maximum atomic E-state index is 11.4. The first-order valence-corrected chi connectivity index (χ1v) is 5.34. The molecular formula is C10H16N4O4. The number of amides is 2. The molecule has 1 heterocycles. The van der Waals surface area contributed by atoms with E-state index in [1.807, 2.05) is 0 Å². The summed E-state index contributed by atoms with van der Waals surface area (Å²) in [6, 6.07) is -0.273. The van der Waals surface area contributed by atoms with Gasteiger partial charge in [0.2, 0.25) is 0 Å². The lowest BCUT2D eigenvalue weighted by Gasteiger charge is -2.17. The Balaban J connectivity index is 2.46. The van der Waals surface area contributed by atoms with Gasteiger partial charge >= 0.3 is 12.0 Å². The van der Waals surface area contributed by atoms with Gasteiger partial charge in [0.1, 0.15) is 0 Å². The number of carboxylic acid groups (broad SMARTS) is 1. The Hall–Kier alpha value is -2.09. The van der Waals surface area contributed by atoms with E-state index in [9.17, 15) is 14.7 Å². The first-order chi connectivity index (χ1) is 8.41. The van der Waals surface area contributed by atoms with Crippen molar-refractivity contribution in [3.8, 4) is 0 Å². The highest BCUT2D eigenvalue weighted by Gasteiger charge is 2.24. The number of hydrogen-bond donors (Lipinski definition) is 4. The molecule has 1 aromatic heterocycles. The van der Waals surface area contributed by atoms with Gasteiger partial charge in [0.25, 0.3) is 0 Å². The second-order valence-corrected chi connectivity index (χ2v) is 3.83. The van der Waals surface area contributed by atoms with Gasteiger partial charge in [-0.25, -0.2) is 9.59 Å². The number of carbonyl (C=O) groups is 2. The van der Waals surface area contributed by atoms with Crippen molar-refractivity contribution in [1.29, 1.82) is 0 Å². The number of aryl methyl sites for hydroxylation is 1. The van der Waals surface area contributed by atoms with Crippen LogP contribution in [-0.4, -0.2) is 44.1 Å². The number of aliphatic carboxylic acids is 1. The van der Waals surface area contributed by atoms with Crippen molar-refractivity contribution in [1.82, 2.24) is 20.4 Å². The highest BCUT2D eigenvalue weighted by Crippen LogP contribution is 1.96. The molecule has 0 aliphatic heterocycles. The van der Waals surface area contributed by atoms with E-state index in [1.165, 1.54) is 6.92 Å². The molecule has 0 saturated heterocycles. The molecule has 2 atom stereocenters. The van der Waals surface area contributed by atoms with Crippen molar-refractivity contribution in [3.05, 3.63) is 18.0 Å². The average Bonchev–Trinajstić information content (AvgIpc) is 2.68. The molecule has 0 radical (unpaired) electrons. The van der Waals surface area contributed by atoms with Crippen molar-refractivity contribution >= 4 is 12.0 Å². The summed E-state index contributed by atoms with van der Waals surface area (Å²) in [5.41, 5.74) is 0.772. The van der Waals surface area contributed by atoms with Crippen LogP contribution in [0.2, 0.25) is 0 Å². The Labute approximate surface area is 104 Å². The number of nitrogens with zero attached hydrogens (tertiary/aromatic N) is 2. The molecule has 100 valence electrons. The highest BCUT2D eigenvalue weighted by molar-refractivity contribution is 5.82. The molecule has 0 aromatic carbocycles. The van der Waals surface area contributed by atoms with E-state index in [1.54, 1.807) is 24.0 Å². The minimum atomic E-state index is -1.34. The standard InChI is InChI=1S/C10H16N4O4/c1-6(15)8(9(16)17)13-10(18)11-5-7-3-4-12-14(7)2/h3-4,6,8,15H,5H2,1-2H3,(H,16,17)(H2,11,13,18). The first-order valence-electron chi connectivity index (χ1n) is 5.34. The van der Waals surface area contributed by atoms with Gasteiger partial charge in [-0.1, -0.05) is 0 Å². The number of urea groups is 1. The lowest BCUT2D eigenvalue weighted by atomic mass is 10.2. The van der Waals surface area contributed by atoms with Crippen LogP contribution in [0.4, 0.5) is 4.79 Å². The van der Waals surface area contributed by atoms with E-state index >= 15 is 0 Å².